The van der Waals surface area contributed by atoms with Crippen LogP contribution in [0.1, 0.15) is 32.1 Å². The summed E-state index contributed by atoms with van der Waals surface area (Å²) >= 11 is 0. The van der Waals surface area contributed by atoms with Gasteiger partial charge in [0.05, 0.1) is 12.5 Å². The Kier molecular flexibility index (Phi) is 3.88. The van der Waals surface area contributed by atoms with Gasteiger partial charge in [-0.3, -0.25) is 9.59 Å². The predicted octanol–water partition coefficient (Wildman–Crippen LogP) is -0.153. The lowest BCUT2D eigenvalue weighted by molar-refractivity contribution is -0.139. The van der Waals surface area contributed by atoms with Crippen molar-refractivity contribution in [3.8, 4) is 0 Å². The molecule has 0 bridgehead atoms. The molecule has 5 nitrogen and oxygen atoms in total. The van der Waals surface area contributed by atoms with Gasteiger partial charge in [0.15, 0.2) is 0 Å². The first-order valence-corrected chi connectivity index (χ1v) is 4.87. The summed E-state index contributed by atoms with van der Waals surface area (Å²) in [5.74, 6) is -1.39. The minimum Gasteiger partial charge on any atom is -0.481 e. The van der Waals surface area contributed by atoms with E-state index in [-0.39, 0.29) is 18.4 Å². The zero-order chi connectivity index (χ0) is 10.6. The van der Waals surface area contributed by atoms with Gasteiger partial charge in [-0.05, 0) is 12.8 Å². The molecule has 0 spiro atoms. The number of hydrogen-bond donors (Lipinski definition) is 3. The minimum absolute atomic E-state index is 0.197. The molecule has 1 aliphatic rings. The van der Waals surface area contributed by atoms with Crippen molar-refractivity contribution < 1.29 is 14.7 Å². The highest BCUT2D eigenvalue weighted by molar-refractivity contribution is 5.86. The van der Waals surface area contributed by atoms with E-state index < -0.39 is 12.0 Å². The van der Waals surface area contributed by atoms with Crippen LogP contribution < -0.4 is 11.1 Å². The molecule has 1 atom stereocenters. The summed E-state index contributed by atoms with van der Waals surface area (Å²) in [6, 6.07) is -0.726. The third-order valence-corrected chi connectivity index (χ3v) is 2.43. The second-order valence-electron chi connectivity index (χ2n) is 3.69. The van der Waals surface area contributed by atoms with E-state index in [4.69, 9.17) is 10.8 Å². The Bertz CT molecular complexity index is 224. The first-order chi connectivity index (χ1) is 6.59. The maximum absolute atomic E-state index is 11.3. The molecule has 1 fully saturated rings. The fourth-order valence-corrected chi connectivity index (χ4v) is 1.66. The summed E-state index contributed by atoms with van der Waals surface area (Å²) in [7, 11) is 0. The highest BCUT2D eigenvalue weighted by Crippen LogP contribution is 2.17. The van der Waals surface area contributed by atoms with Crippen molar-refractivity contribution in [2.24, 2.45) is 5.73 Å². The van der Waals surface area contributed by atoms with Crippen LogP contribution in [0.25, 0.3) is 0 Å². The summed E-state index contributed by atoms with van der Waals surface area (Å²) in [6.45, 7) is 0. The van der Waals surface area contributed by atoms with Crippen LogP contribution >= 0.6 is 0 Å². The SMILES string of the molecule is NC(CC(=O)O)C(=O)NC1CCCC1. The number of rotatable bonds is 4. The molecule has 80 valence electrons. The van der Waals surface area contributed by atoms with Gasteiger partial charge in [-0.1, -0.05) is 12.8 Å². The van der Waals surface area contributed by atoms with Gasteiger partial charge < -0.3 is 16.2 Å². The Morgan fingerprint density at radius 2 is 2.00 bits per heavy atom. The number of nitrogens with one attached hydrogen (secondary N) is 1. The van der Waals surface area contributed by atoms with Crippen molar-refractivity contribution in [3.05, 3.63) is 0 Å². The van der Waals surface area contributed by atoms with E-state index in [1.807, 2.05) is 0 Å². The van der Waals surface area contributed by atoms with Gasteiger partial charge in [-0.15, -0.1) is 0 Å². The van der Waals surface area contributed by atoms with Gasteiger partial charge >= 0.3 is 5.97 Å². The Hall–Kier alpha value is -1.10. The van der Waals surface area contributed by atoms with Crippen molar-refractivity contribution >= 4 is 11.9 Å². The highest BCUT2D eigenvalue weighted by atomic mass is 16.4. The third kappa shape index (κ3) is 3.33. The zero-order valence-electron chi connectivity index (χ0n) is 8.03. The minimum atomic E-state index is -1.04. The number of carbonyl (C=O) groups excluding carboxylic acids is 1. The third-order valence-electron chi connectivity index (χ3n) is 2.43. The second kappa shape index (κ2) is 4.95. The molecule has 0 aromatic heterocycles. The Morgan fingerprint density at radius 1 is 1.43 bits per heavy atom. The monoisotopic (exact) mass is 200 g/mol. The average Bonchev–Trinajstić information content (AvgIpc) is 2.55. The van der Waals surface area contributed by atoms with E-state index in [1.165, 1.54) is 0 Å². The highest BCUT2D eigenvalue weighted by Gasteiger charge is 2.22. The van der Waals surface area contributed by atoms with E-state index >= 15 is 0 Å². The van der Waals surface area contributed by atoms with Gasteiger partial charge in [-0.2, -0.15) is 0 Å². The molecule has 1 amide bonds. The van der Waals surface area contributed by atoms with Gasteiger partial charge in [-0.25, -0.2) is 0 Å². The van der Waals surface area contributed by atoms with Crippen molar-refractivity contribution in [2.45, 2.75) is 44.2 Å². The molecule has 5 heteroatoms. The van der Waals surface area contributed by atoms with E-state index in [9.17, 15) is 9.59 Å². The molecule has 0 saturated heterocycles. The van der Waals surface area contributed by atoms with Crippen molar-refractivity contribution in [1.29, 1.82) is 0 Å². The average molecular weight is 200 g/mol. The molecular formula is C9H16N2O3. The molecule has 0 radical (unpaired) electrons. The van der Waals surface area contributed by atoms with E-state index in [1.54, 1.807) is 0 Å². The molecule has 4 N–H and O–H groups in total. The first kappa shape index (κ1) is 11.0. The largest absolute Gasteiger partial charge is 0.481 e. The standard InChI is InChI=1S/C9H16N2O3/c10-7(5-8(12)13)9(14)11-6-3-1-2-4-6/h6-7H,1-5,10H2,(H,11,14)(H,12,13). The van der Waals surface area contributed by atoms with E-state index in [2.05, 4.69) is 5.32 Å². The van der Waals surface area contributed by atoms with Crippen LogP contribution in [-0.4, -0.2) is 29.1 Å². The lowest BCUT2D eigenvalue weighted by atomic mass is 10.2. The summed E-state index contributed by atoms with van der Waals surface area (Å²) in [6.07, 6.45) is 3.90. The molecule has 1 saturated carbocycles. The van der Waals surface area contributed by atoms with Gasteiger partial charge in [0.2, 0.25) is 5.91 Å². The number of nitrogens with two attached hydrogens (primary N) is 1. The van der Waals surface area contributed by atoms with Crippen LogP contribution in [0, 0.1) is 0 Å². The van der Waals surface area contributed by atoms with Crippen molar-refractivity contribution in [1.82, 2.24) is 5.32 Å². The number of carboxylic acid groups (broad SMARTS) is 1. The molecule has 0 aliphatic heterocycles. The van der Waals surface area contributed by atoms with Crippen molar-refractivity contribution in [3.63, 3.8) is 0 Å². The lowest BCUT2D eigenvalue weighted by Crippen LogP contribution is -2.45. The number of carbonyl (C=O) groups is 2. The van der Waals surface area contributed by atoms with Crippen LogP contribution in [0.3, 0.4) is 0 Å². The first-order valence-electron chi connectivity index (χ1n) is 4.87. The summed E-state index contributed by atoms with van der Waals surface area (Å²) in [5.41, 5.74) is 5.40. The van der Waals surface area contributed by atoms with Gasteiger partial charge in [0.25, 0.3) is 0 Å². The van der Waals surface area contributed by atoms with Crippen LogP contribution in [0.5, 0.6) is 0 Å². The number of carboxylic acids is 1. The maximum Gasteiger partial charge on any atom is 0.305 e. The molecule has 0 aromatic rings. The summed E-state index contributed by atoms with van der Waals surface area (Å²) < 4.78 is 0. The molecule has 0 heterocycles. The summed E-state index contributed by atoms with van der Waals surface area (Å²) in [4.78, 5) is 21.6. The fourth-order valence-electron chi connectivity index (χ4n) is 1.66. The van der Waals surface area contributed by atoms with Crippen LogP contribution in [0.15, 0.2) is 0 Å². The fraction of sp³-hybridized carbons (Fsp3) is 0.778. The zero-order valence-corrected chi connectivity index (χ0v) is 8.03. The van der Waals surface area contributed by atoms with Crippen LogP contribution in [0.4, 0.5) is 0 Å². The Morgan fingerprint density at radius 3 is 2.50 bits per heavy atom. The normalized spacial score (nSPS) is 19.2. The molecule has 1 aliphatic carbocycles. The van der Waals surface area contributed by atoms with Gasteiger partial charge in [0.1, 0.15) is 0 Å². The van der Waals surface area contributed by atoms with Crippen LogP contribution in [0.2, 0.25) is 0 Å². The Balaban J connectivity index is 2.29. The van der Waals surface area contributed by atoms with Crippen molar-refractivity contribution in [2.75, 3.05) is 0 Å². The lowest BCUT2D eigenvalue weighted by Gasteiger charge is -2.15. The molecular weight excluding hydrogens is 184 g/mol. The van der Waals surface area contributed by atoms with Gasteiger partial charge in [0, 0.05) is 6.04 Å². The second-order valence-corrected chi connectivity index (χ2v) is 3.69. The molecule has 14 heavy (non-hydrogen) atoms. The Labute approximate surface area is 82.7 Å². The van der Waals surface area contributed by atoms with Crippen LogP contribution in [-0.2, 0) is 9.59 Å². The topological polar surface area (TPSA) is 92.4 Å². The number of hydrogen-bond acceptors (Lipinski definition) is 3. The number of amides is 1. The maximum atomic E-state index is 11.3. The molecule has 1 unspecified atom stereocenters. The molecule has 1 rings (SSSR count). The number of aliphatic carboxylic acids is 1. The van der Waals surface area contributed by atoms with E-state index in [0.29, 0.717) is 0 Å². The quantitative estimate of drug-likeness (QED) is 0.588. The predicted molar refractivity (Wildman–Crippen MR) is 50.6 cm³/mol. The summed E-state index contributed by atoms with van der Waals surface area (Å²) in [5, 5.41) is 11.2. The smallest absolute Gasteiger partial charge is 0.305 e. The molecule has 0 aromatic carbocycles. The van der Waals surface area contributed by atoms with E-state index in [0.717, 1.165) is 25.7 Å².